The van der Waals surface area contributed by atoms with E-state index in [1.165, 1.54) is 34.1 Å². The molecular formula is C35H26O4S7. The number of carboxylic acid groups (broad SMARTS) is 2. The van der Waals surface area contributed by atoms with Crippen molar-refractivity contribution in [3.05, 3.63) is 94.2 Å². The van der Waals surface area contributed by atoms with E-state index in [1.807, 2.05) is 0 Å². The molecule has 0 saturated carbocycles. The van der Waals surface area contributed by atoms with Crippen molar-refractivity contribution in [2.24, 2.45) is 0 Å². The maximum atomic E-state index is 11.6. The number of carboxylic acids is 2. The number of carbonyl (C=O) groups is 2. The molecule has 7 rings (SSSR count). The van der Waals surface area contributed by atoms with Crippen LogP contribution in [0.4, 0.5) is 0 Å². The van der Waals surface area contributed by atoms with Crippen molar-refractivity contribution in [3.63, 3.8) is 0 Å². The Kier molecular flexibility index (Phi) is 9.24. The molecule has 0 radical (unpaired) electrons. The molecule has 0 amide bonds. The van der Waals surface area contributed by atoms with E-state index in [0.29, 0.717) is 12.8 Å². The number of aryl methyl sites for hydroxylation is 3. The van der Waals surface area contributed by atoms with E-state index < -0.39 is 11.9 Å². The van der Waals surface area contributed by atoms with Crippen LogP contribution < -0.4 is 0 Å². The lowest BCUT2D eigenvalue weighted by Gasteiger charge is -2.01. The standard InChI is InChI=1S/C35H26O4S7/c1-19-4-7-24(41-19)25-9-11-27(43-25)31-18-21(6-15-33(38)39)35(46-31)29-13-12-28(44-29)34-20(5-14-32(36)37)17-30(45-34)26-10-8-23(42-26)22-3-2-16-40-22/h2-4,7-13,16-18H,5-6,14-15H2,1H3,(H,36,37)(H,38,39). The van der Waals surface area contributed by atoms with Crippen LogP contribution in [-0.2, 0) is 22.4 Å². The summed E-state index contributed by atoms with van der Waals surface area (Å²) in [6.45, 7) is 2.12. The molecule has 0 unspecified atom stereocenters. The van der Waals surface area contributed by atoms with Crippen molar-refractivity contribution in [1.29, 1.82) is 0 Å². The topological polar surface area (TPSA) is 74.6 Å². The van der Waals surface area contributed by atoms with E-state index >= 15 is 0 Å². The maximum Gasteiger partial charge on any atom is 0.303 e. The van der Waals surface area contributed by atoms with Crippen molar-refractivity contribution in [1.82, 2.24) is 0 Å². The van der Waals surface area contributed by atoms with Gasteiger partial charge in [-0.2, -0.15) is 0 Å². The monoisotopic (exact) mass is 734 g/mol. The predicted molar refractivity (Wildman–Crippen MR) is 201 cm³/mol. The molecular weight excluding hydrogens is 709 g/mol. The van der Waals surface area contributed by atoms with Gasteiger partial charge in [0.05, 0.1) is 0 Å². The molecule has 4 nitrogen and oxygen atoms in total. The van der Waals surface area contributed by atoms with Gasteiger partial charge in [0.15, 0.2) is 0 Å². The van der Waals surface area contributed by atoms with Gasteiger partial charge in [0.25, 0.3) is 0 Å². The zero-order chi connectivity index (χ0) is 31.8. The number of hydrogen-bond donors (Lipinski definition) is 2. The van der Waals surface area contributed by atoms with Crippen LogP contribution in [0.25, 0.3) is 58.5 Å². The van der Waals surface area contributed by atoms with Crippen LogP contribution in [0.1, 0.15) is 28.8 Å². The summed E-state index contributed by atoms with van der Waals surface area (Å²) in [5, 5.41) is 21.0. The molecule has 7 aromatic heterocycles. The largest absolute Gasteiger partial charge is 0.481 e. The molecule has 46 heavy (non-hydrogen) atoms. The number of rotatable bonds is 12. The first-order valence-corrected chi connectivity index (χ1v) is 20.2. The van der Waals surface area contributed by atoms with Gasteiger partial charge in [-0.25, -0.2) is 0 Å². The molecule has 0 atom stereocenters. The summed E-state index contributed by atoms with van der Waals surface area (Å²) in [5.41, 5.74) is 2.10. The third-order valence-electron chi connectivity index (χ3n) is 7.33. The number of hydrogen-bond acceptors (Lipinski definition) is 9. The quantitative estimate of drug-likeness (QED) is 0.131. The molecule has 0 aliphatic heterocycles. The first-order chi connectivity index (χ1) is 22.3. The predicted octanol–water partition coefficient (Wildman–Crippen LogP) is 12.5. The Morgan fingerprint density at radius 3 is 1.41 bits per heavy atom. The average Bonchev–Trinajstić information content (AvgIpc) is 3.88. The van der Waals surface area contributed by atoms with Crippen LogP contribution in [0, 0.1) is 6.92 Å². The molecule has 0 aromatic carbocycles. The molecule has 0 spiro atoms. The van der Waals surface area contributed by atoms with Crippen molar-refractivity contribution < 1.29 is 19.8 Å². The van der Waals surface area contributed by atoms with Crippen molar-refractivity contribution >= 4 is 91.3 Å². The fourth-order valence-electron chi connectivity index (χ4n) is 5.15. The van der Waals surface area contributed by atoms with Crippen LogP contribution in [0.15, 0.2) is 78.2 Å². The fourth-order valence-corrected chi connectivity index (χ4v) is 12.8. The normalized spacial score (nSPS) is 11.4. The van der Waals surface area contributed by atoms with Crippen molar-refractivity contribution in [2.75, 3.05) is 0 Å². The number of aliphatic carboxylic acids is 2. The van der Waals surface area contributed by atoms with Gasteiger partial charge in [0, 0.05) is 76.2 Å². The van der Waals surface area contributed by atoms with Crippen LogP contribution >= 0.6 is 79.4 Å². The second kappa shape index (κ2) is 13.5. The summed E-state index contributed by atoms with van der Waals surface area (Å²) in [6.07, 6.45) is 1.09. The lowest BCUT2D eigenvalue weighted by molar-refractivity contribution is -0.138. The second-order valence-electron chi connectivity index (χ2n) is 10.6. The summed E-state index contributed by atoms with van der Waals surface area (Å²) >= 11 is 12.2. The molecule has 0 aliphatic carbocycles. The molecule has 7 heterocycles. The van der Waals surface area contributed by atoms with E-state index in [1.54, 1.807) is 79.4 Å². The molecule has 0 saturated heterocycles. The Morgan fingerprint density at radius 2 is 0.957 bits per heavy atom. The van der Waals surface area contributed by atoms with E-state index in [2.05, 4.69) is 85.1 Å². The Bertz CT molecular complexity index is 2140. The van der Waals surface area contributed by atoms with E-state index in [-0.39, 0.29) is 12.8 Å². The minimum atomic E-state index is -0.804. The van der Waals surface area contributed by atoms with Gasteiger partial charge >= 0.3 is 11.9 Å². The smallest absolute Gasteiger partial charge is 0.303 e. The van der Waals surface area contributed by atoms with E-state index in [4.69, 9.17) is 0 Å². The van der Waals surface area contributed by atoms with Gasteiger partial charge in [-0.05, 0) is 103 Å². The highest BCUT2D eigenvalue weighted by atomic mass is 32.1. The summed E-state index contributed by atoms with van der Waals surface area (Å²) < 4.78 is 0. The minimum Gasteiger partial charge on any atom is -0.481 e. The molecule has 11 heteroatoms. The Labute approximate surface area is 294 Å². The highest BCUT2D eigenvalue weighted by Crippen LogP contribution is 2.49. The third kappa shape index (κ3) is 6.77. The Morgan fingerprint density at radius 1 is 0.522 bits per heavy atom. The highest BCUT2D eigenvalue weighted by Gasteiger charge is 2.20. The molecule has 7 aromatic rings. The minimum absolute atomic E-state index is 0.0768. The van der Waals surface area contributed by atoms with Gasteiger partial charge in [-0.3, -0.25) is 9.59 Å². The summed E-state index contributed by atoms with van der Waals surface area (Å²) in [4.78, 5) is 38.4. The number of thiophene rings is 7. The van der Waals surface area contributed by atoms with Crippen LogP contribution in [-0.4, -0.2) is 22.2 Å². The first-order valence-electron chi connectivity index (χ1n) is 14.4. The summed E-state index contributed by atoms with van der Waals surface area (Å²) in [7, 11) is 0. The highest BCUT2D eigenvalue weighted by molar-refractivity contribution is 7.31. The van der Waals surface area contributed by atoms with Gasteiger partial charge < -0.3 is 10.2 Å². The van der Waals surface area contributed by atoms with Crippen molar-refractivity contribution in [2.45, 2.75) is 32.6 Å². The molecule has 232 valence electrons. The SMILES string of the molecule is Cc1ccc(-c2ccc(-c3cc(CCC(=O)O)c(-c4ccc(-c5sc(-c6ccc(-c7cccs7)s6)cc5CCC(=O)O)s4)s3)s2)s1. The lowest BCUT2D eigenvalue weighted by atomic mass is 10.1. The Hall–Kier alpha value is -3.16. The van der Waals surface area contributed by atoms with E-state index in [0.717, 1.165) is 40.4 Å². The van der Waals surface area contributed by atoms with Crippen LogP contribution in [0.5, 0.6) is 0 Å². The van der Waals surface area contributed by atoms with Gasteiger partial charge in [-0.15, -0.1) is 79.4 Å². The third-order valence-corrected chi connectivity index (χ3v) is 16.0. The zero-order valence-corrected chi connectivity index (χ0v) is 30.1. The van der Waals surface area contributed by atoms with Gasteiger partial charge in [0.1, 0.15) is 0 Å². The van der Waals surface area contributed by atoms with Crippen LogP contribution in [0.2, 0.25) is 0 Å². The Balaban J connectivity index is 1.23. The zero-order valence-electron chi connectivity index (χ0n) is 24.4. The fraction of sp³-hybridized carbons (Fsp3) is 0.143. The lowest BCUT2D eigenvalue weighted by Crippen LogP contribution is -1.97. The van der Waals surface area contributed by atoms with Gasteiger partial charge in [-0.1, -0.05) is 6.07 Å². The van der Waals surface area contributed by atoms with E-state index in [9.17, 15) is 19.8 Å². The summed E-state index contributed by atoms with van der Waals surface area (Å²) in [6, 6.07) is 25.8. The molecule has 0 bridgehead atoms. The molecule has 0 fully saturated rings. The molecule has 0 aliphatic rings. The van der Waals surface area contributed by atoms with Crippen LogP contribution in [0.3, 0.4) is 0 Å². The van der Waals surface area contributed by atoms with Gasteiger partial charge in [0.2, 0.25) is 0 Å². The molecule has 2 N–H and O–H groups in total. The average molecular weight is 735 g/mol. The first kappa shape index (κ1) is 31.4. The second-order valence-corrected chi connectivity index (χ2v) is 18.2. The summed E-state index contributed by atoms with van der Waals surface area (Å²) in [5.74, 6) is -1.61. The maximum absolute atomic E-state index is 11.6. The van der Waals surface area contributed by atoms with Crippen molar-refractivity contribution in [3.8, 4) is 58.5 Å².